The summed E-state index contributed by atoms with van der Waals surface area (Å²) < 4.78 is 0. The summed E-state index contributed by atoms with van der Waals surface area (Å²) in [4.78, 5) is 0. The zero-order valence-electron chi connectivity index (χ0n) is 8.67. The van der Waals surface area contributed by atoms with E-state index in [9.17, 15) is 5.11 Å². The molecule has 2 fully saturated rings. The monoisotopic (exact) mass is 178 g/mol. The maximum Gasteiger partial charge on any atom is 0.128 e. The molecular formula is C12H18O. The van der Waals surface area contributed by atoms with Crippen LogP contribution >= 0.6 is 0 Å². The third-order valence-corrected chi connectivity index (χ3v) is 4.79. The summed E-state index contributed by atoms with van der Waals surface area (Å²) in [5.41, 5.74) is -0.423. The van der Waals surface area contributed by atoms with Crippen LogP contribution in [0.15, 0.2) is 0 Å². The number of rotatable bonds is 0. The Bertz CT molecular complexity index is 269. The molecule has 0 aliphatic heterocycles. The van der Waals surface area contributed by atoms with Gasteiger partial charge in [0.05, 0.1) is 0 Å². The maximum atomic E-state index is 10.2. The lowest BCUT2D eigenvalue weighted by atomic mass is 9.65. The summed E-state index contributed by atoms with van der Waals surface area (Å²) in [6.07, 6.45) is 7.34. The third kappa shape index (κ3) is 0.929. The van der Waals surface area contributed by atoms with E-state index in [0.717, 1.165) is 12.8 Å². The Labute approximate surface area is 80.5 Å². The molecule has 72 valence electrons. The van der Waals surface area contributed by atoms with Crippen molar-refractivity contribution in [3.63, 3.8) is 0 Å². The van der Waals surface area contributed by atoms with Gasteiger partial charge < -0.3 is 5.11 Å². The van der Waals surface area contributed by atoms with Crippen LogP contribution in [0.3, 0.4) is 0 Å². The Morgan fingerprint density at radius 2 is 2.08 bits per heavy atom. The van der Waals surface area contributed by atoms with E-state index in [2.05, 4.69) is 26.7 Å². The fourth-order valence-electron chi connectivity index (χ4n) is 3.35. The van der Waals surface area contributed by atoms with Crippen LogP contribution < -0.4 is 0 Å². The van der Waals surface area contributed by atoms with Crippen LogP contribution in [0.25, 0.3) is 0 Å². The van der Waals surface area contributed by atoms with Gasteiger partial charge in [0, 0.05) is 5.92 Å². The third-order valence-electron chi connectivity index (χ3n) is 4.79. The molecule has 0 saturated heterocycles. The van der Waals surface area contributed by atoms with Gasteiger partial charge in [-0.2, -0.15) is 0 Å². The normalized spacial score (nSPS) is 52.1. The highest BCUT2D eigenvalue weighted by Crippen LogP contribution is 2.62. The smallest absolute Gasteiger partial charge is 0.128 e. The van der Waals surface area contributed by atoms with Gasteiger partial charge in [0.15, 0.2) is 0 Å². The zero-order valence-corrected chi connectivity index (χ0v) is 8.67. The molecule has 13 heavy (non-hydrogen) atoms. The Kier molecular flexibility index (Phi) is 1.61. The minimum absolute atomic E-state index is 0.331. The van der Waals surface area contributed by atoms with Gasteiger partial charge >= 0.3 is 0 Å². The van der Waals surface area contributed by atoms with Crippen molar-refractivity contribution in [2.75, 3.05) is 0 Å². The van der Waals surface area contributed by atoms with Gasteiger partial charge in [0.1, 0.15) is 5.60 Å². The molecule has 0 spiro atoms. The number of aliphatic hydroxyl groups is 1. The van der Waals surface area contributed by atoms with Crippen molar-refractivity contribution >= 4 is 0 Å². The first-order valence-corrected chi connectivity index (χ1v) is 5.12. The Morgan fingerprint density at radius 1 is 1.46 bits per heavy atom. The van der Waals surface area contributed by atoms with Crippen LogP contribution in [0.4, 0.5) is 0 Å². The van der Waals surface area contributed by atoms with E-state index in [1.807, 2.05) is 0 Å². The van der Waals surface area contributed by atoms with Crippen LogP contribution in [0.5, 0.6) is 0 Å². The molecular weight excluding hydrogens is 160 g/mol. The molecule has 0 radical (unpaired) electrons. The van der Waals surface area contributed by atoms with Crippen LogP contribution in [-0.4, -0.2) is 10.7 Å². The van der Waals surface area contributed by atoms with Gasteiger partial charge in [-0.25, -0.2) is 0 Å². The molecule has 2 aliphatic carbocycles. The van der Waals surface area contributed by atoms with Crippen molar-refractivity contribution in [2.45, 2.75) is 39.2 Å². The summed E-state index contributed by atoms with van der Waals surface area (Å²) in [6.45, 7) is 6.84. The van der Waals surface area contributed by atoms with Gasteiger partial charge in [-0.1, -0.05) is 26.7 Å². The fraction of sp³-hybridized carbons (Fsp3) is 0.833. The number of hydrogen-bond acceptors (Lipinski definition) is 1. The summed E-state index contributed by atoms with van der Waals surface area (Å²) in [7, 11) is 0. The van der Waals surface area contributed by atoms with Crippen molar-refractivity contribution in [3.05, 3.63) is 0 Å². The van der Waals surface area contributed by atoms with Gasteiger partial charge in [-0.05, 0) is 30.1 Å². The summed E-state index contributed by atoms with van der Waals surface area (Å²) >= 11 is 0. The largest absolute Gasteiger partial charge is 0.377 e. The topological polar surface area (TPSA) is 20.2 Å². The van der Waals surface area contributed by atoms with Crippen molar-refractivity contribution in [3.8, 4) is 12.3 Å². The average Bonchev–Trinajstić information content (AvgIpc) is 2.51. The lowest BCUT2D eigenvalue weighted by Gasteiger charge is -2.42. The van der Waals surface area contributed by atoms with Crippen molar-refractivity contribution in [1.29, 1.82) is 0 Å². The highest BCUT2D eigenvalue weighted by molar-refractivity contribution is 5.21. The molecule has 1 nitrogen and oxygen atoms in total. The van der Waals surface area contributed by atoms with E-state index in [1.54, 1.807) is 0 Å². The van der Waals surface area contributed by atoms with Crippen molar-refractivity contribution in [2.24, 2.45) is 23.2 Å². The zero-order chi connectivity index (χ0) is 9.85. The van der Waals surface area contributed by atoms with Crippen LogP contribution in [0, 0.1) is 35.5 Å². The second-order valence-electron chi connectivity index (χ2n) is 5.42. The Hall–Kier alpha value is -0.480. The van der Waals surface area contributed by atoms with E-state index < -0.39 is 5.60 Å². The standard InChI is InChI=1S/C12H18O/c1-5-12(13)7-9-6-10(12)8(2)11(9,3)4/h1,8-10,13H,6-7H2,2-4H3/t8-,9+,10+,12+/m0/s1. The first kappa shape index (κ1) is 9.09. The minimum atomic E-state index is -0.792. The van der Waals surface area contributed by atoms with Gasteiger partial charge in [-0.3, -0.25) is 0 Å². The molecule has 1 heteroatoms. The number of fused-ring (bicyclic) bond motifs is 2. The summed E-state index contributed by atoms with van der Waals surface area (Å²) in [6, 6.07) is 0. The minimum Gasteiger partial charge on any atom is -0.377 e. The van der Waals surface area contributed by atoms with Crippen LogP contribution in [0.2, 0.25) is 0 Å². The van der Waals surface area contributed by atoms with E-state index in [4.69, 9.17) is 6.42 Å². The molecule has 4 atom stereocenters. The fourth-order valence-corrected chi connectivity index (χ4v) is 3.35. The molecule has 0 amide bonds. The second-order valence-corrected chi connectivity index (χ2v) is 5.42. The average molecular weight is 178 g/mol. The SMILES string of the molecule is C#C[C@@]1(O)C[C@H]2C[C@@H]1[C@H](C)C2(C)C. The lowest BCUT2D eigenvalue weighted by molar-refractivity contribution is -0.0249. The van der Waals surface area contributed by atoms with E-state index in [0.29, 0.717) is 23.2 Å². The van der Waals surface area contributed by atoms with Gasteiger partial charge in [0.25, 0.3) is 0 Å². The highest BCUT2D eigenvalue weighted by atomic mass is 16.3. The number of terminal acetylenes is 1. The Balaban J connectivity index is 2.33. The molecule has 2 rings (SSSR count). The molecule has 0 heterocycles. The van der Waals surface area contributed by atoms with Gasteiger partial charge in [-0.15, -0.1) is 6.42 Å². The molecule has 2 aliphatic rings. The van der Waals surface area contributed by atoms with Crippen molar-refractivity contribution in [1.82, 2.24) is 0 Å². The number of hydrogen-bond donors (Lipinski definition) is 1. The lowest BCUT2D eigenvalue weighted by Crippen LogP contribution is -2.43. The summed E-state index contributed by atoms with van der Waals surface area (Å²) in [5, 5.41) is 10.2. The molecule has 2 bridgehead atoms. The van der Waals surface area contributed by atoms with E-state index >= 15 is 0 Å². The quantitative estimate of drug-likeness (QED) is 0.563. The maximum absolute atomic E-state index is 10.2. The second kappa shape index (κ2) is 2.30. The molecule has 0 aromatic heterocycles. The first-order chi connectivity index (χ1) is 5.92. The predicted molar refractivity (Wildman–Crippen MR) is 52.9 cm³/mol. The van der Waals surface area contributed by atoms with Crippen LogP contribution in [0.1, 0.15) is 33.6 Å². The van der Waals surface area contributed by atoms with E-state index in [-0.39, 0.29) is 0 Å². The molecule has 2 saturated carbocycles. The summed E-state index contributed by atoms with van der Waals surface area (Å²) in [5.74, 6) is 4.09. The van der Waals surface area contributed by atoms with Crippen molar-refractivity contribution < 1.29 is 5.11 Å². The molecule has 0 aromatic rings. The predicted octanol–water partition coefficient (Wildman–Crippen LogP) is 2.05. The Morgan fingerprint density at radius 3 is 2.46 bits per heavy atom. The molecule has 1 N–H and O–H groups in total. The molecule has 0 aromatic carbocycles. The highest BCUT2D eigenvalue weighted by Gasteiger charge is 2.60. The molecule has 0 unspecified atom stereocenters. The van der Waals surface area contributed by atoms with Crippen LogP contribution in [-0.2, 0) is 0 Å². The van der Waals surface area contributed by atoms with Gasteiger partial charge in [0.2, 0.25) is 0 Å². The first-order valence-electron chi connectivity index (χ1n) is 5.12. The van der Waals surface area contributed by atoms with E-state index in [1.165, 1.54) is 0 Å².